The number of rotatable bonds is 7. The largest absolute Gasteiger partial charge is 0.390 e. The molecule has 166 valence electrons. The van der Waals surface area contributed by atoms with Gasteiger partial charge in [-0.05, 0) is 44.7 Å². The summed E-state index contributed by atoms with van der Waals surface area (Å²) in [5, 5.41) is 33.6. The molecule has 0 aromatic carbocycles. The Balaban J connectivity index is 1.42. The van der Waals surface area contributed by atoms with E-state index in [1.165, 1.54) is 12.8 Å². The normalized spacial score (nSPS) is 22.7. The highest BCUT2D eigenvalue weighted by atomic mass is 16.3. The molecule has 2 aliphatic heterocycles. The summed E-state index contributed by atoms with van der Waals surface area (Å²) in [5.74, 6) is 2.15. The highest BCUT2D eigenvalue weighted by molar-refractivity contribution is 5.91. The van der Waals surface area contributed by atoms with Crippen LogP contribution < -0.4 is 10.6 Å². The standard InChI is InChI=1S/C23H28N8O/c1-14-9-22(30-29-14)27-21-12-20-19(6-3-15(13-32)25-20)23(28-21)26-16-10-17-4-5-18(11-16)31(17)8-2-7-24/h3,6,9,12,16-18,32H,2,4-5,8,10-11,13H2,1H3,(H3,26,27,28,29,30)/t16?,17-,18+. The highest BCUT2D eigenvalue weighted by Gasteiger charge is 2.40. The first-order chi connectivity index (χ1) is 15.6. The van der Waals surface area contributed by atoms with Crippen LogP contribution in [0.5, 0.6) is 0 Å². The molecule has 2 saturated heterocycles. The van der Waals surface area contributed by atoms with Crippen molar-refractivity contribution < 1.29 is 5.11 Å². The van der Waals surface area contributed by atoms with Crippen molar-refractivity contribution in [2.24, 2.45) is 0 Å². The van der Waals surface area contributed by atoms with Crippen LogP contribution in [-0.2, 0) is 6.61 Å². The summed E-state index contributed by atoms with van der Waals surface area (Å²) >= 11 is 0. The molecule has 5 rings (SSSR count). The van der Waals surface area contributed by atoms with Crippen molar-refractivity contribution in [3.05, 3.63) is 35.7 Å². The van der Waals surface area contributed by atoms with Crippen LogP contribution >= 0.6 is 0 Å². The third-order valence-electron chi connectivity index (χ3n) is 6.57. The second-order valence-corrected chi connectivity index (χ2v) is 8.79. The van der Waals surface area contributed by atoms with Crippen molar-refractivity contribution in [1.29, 1.82) is 5.26 Å². The Bertz CT molecular complexity index is 1140. The number of pyridine rings is 2. The fourth-order valence-corrected chi connectivity index (χ4v) is 5.17. The van der Waals surface area contributed by atoms with E-state index in [-0.39, 0.29) is 6.61 Å². The van der Waals surface area contributed by atoms with Gasteiger partial charge in [0, 0.05) is 54.3 Å². The fourth-order valence-electron chi connectivity index (χ4n) is 5.17. The predicted molar refractivity (Wildman–Crippen MR) is 122 cm³/mol. The number of nitrogens with one attached hydrogen (secondary N) is 3. The molecule has 3 atom stereocenters. The van der Waals surface area contributed by atoms with Gasteiger partial charge in [0.05, 0.1) is 23.9 Å². The van der Waals surface area contributed by atoms with Crippen molar-refractivity contribution in [1.82, 2.24) is 25.1 Å². The second kappa shape index (κ2) is 8.73. The molecule has 0 saturated carbocycles. The highest BCUT2D eigenvalue weighted by Crippen LogP contribution is 2.37. The van der Waals surface area contributed by atoms with Gasteiger partial charge in [0.2, 0.25) is 0 Å². The lowest BCUT2D eigenvalue weighted by molar-refractivity contribution is 0.136. The van der Waals surface area contributed by atoms with Crippen LogP contribution in [0.1, 0.15) is 43.5 Å². The number of nitriles is 1. The molecule has 2 aliphatic rings. The lowest BCUT2D eigenvalue weighted by Crippen LogP contribution is -2.47. The number of aliphatic hydroxyl groups excluding tert-OH is 1. The number of H-pyrrole nitrogens is 1. The first-order valence-corrected chi connectivity index (χ1v) is 11.2. The van der Waals surface area contributed by atoms with Crippen molar-refractivity contribution in [2.45, 2.75) is 63.8 Å². The van der Waals surface area contributed by atoms with Gasteiger partial charge in [0.25, 0.3) is 0 Å². The van der Waals surface area contributed by atoms with Crippen LogP contribution in [-0.4, -0.2) is 54.8 Å². The number of anilines is 3. The number of aliphatic hydroxyl groups is 1. The van der Waals surface area contributed by atoms with Crippen LogP contribution in [0.25, 0.3) is 10.9 Å². The SMILES string of the molecule is Cc1cc(Nc2cc3nc(CO)ccc3c(NC3C[C@H]4CC[C@@H](C3)N4CCC#N)n2)n[nH]1. The average Bonchev–Trinajstić information content (AvgIpc) is 3.30. The summed E-state index contributed by atoms with van der Waals surface area (Å²) in [6.07, 6.45) is 5.08. The molecular formula is C23H28N8O. The number of fused-ring (bicyclic) bond motifs is 3. The molecule has 2 fully saturated rings. The Hall–Kier alpha value is -3.22. The number of aromatic nitrogens is 4. The molecule has 3 aromatic rings. The predicted octanol–water partition coefficient (Wildman–Crippen LogP) is 3.22. The van der Waals surface area contributed by atoms with E-state index in [1.54, 1.807) is 0 Å². The summed E-state index contributed by atoms with van der Waals surface area (Å²) < 4.78 is 0. The Kier molecular flexibility index (Phi) is 5.64. The summed E-state index contributed by atoms with van der Waals surface area (Å²) in [6, 6.07) is 11.3. The Labute approximate surface area is 186 Å². The zero-order valence-corrected chi connectivity index (χ0v) is 18.2. The lowest BCUT2D eigenvalue weighted by Gasteiger charge is -2.39. The quantitative estimate of drug-likeness (QED) is 0.448. The van der Waals surface area contributed by atoms with Crippen LogP contribution in [0.4, 0.5) is 17.5 Å². The van der Waals surface area contributed by atoms with Crippen molar-refractivity contribution in [3.8, 4) is 6.07 Å². The number of hydrogen-bond acceptors (Lipinski definition) is 8. The van der Waals surface area contributed by atoms with Crippen LogP contribution in [0.2, 0.25) is 0 Å². The average molecular weight is 433 g/mol. The smallest absolute Gasteiger partial charge is 0.153 e. The molecule has 0 amide bonds. The zero-order chi connectivity index (χ0) is 22.1. The van der Waals surface area contributed by atoms with Crippen molar-refractivity contribution in [3.63, 3.8) is 0 Å². The molecule has 5 heterocycles. The van der Waals surface area contributed by atoms with Gasteiger partial charge in [-0.25, -0.2) is 4.98 Å². The lowest BCUT2D eigenvalue weighted by atomic mass is 9.97. The summed E-state index contributed by atoms with van der Waals surface area (Å²) in [7, 11) is 0. The van der Waals surface area contributed by atoms with E-state index in [0.29, 0.717) is 41.9 Å². The number of piperidine rings is 1. The summed E-state index contributed by atoms with van der Waals surface area (Å²) in [6.45, 7) is 2.72. The third kappa shape index (κ3) is 4.11. The van der Waals surface area contributed by atoms with Crippen molar-refractivity contribution in [2.75, 3.05) is 17.2 Å². The van der Waals surface area contributed by atoms with E-state index in [1.807, 2.05) is 31.2 Å². The van der Waals surface area contributed by atoms with Gasteiger partial charge in [-0.3, -0.25) is 15.0 Å². The van der Waals surface area contributed by atoms with E-state index in [9.17, 15) is 5.11 Å². The minimum Gasteiger partial charge on any atom is -0.390 e. The number of aromatic amines is 1. The minimum atomic E-state index is -0.104. The number of aryl methyl sites for hydroxylation is 1. The second-order valence-electron chi connectivity index (χ2n) is 8.79. The fraction of sp³-hybridized carbons (Fsp3) is 0.478. The molecule has 4 N–H and O–H groups in total. The maximum Gasteiger partial charge on any atom is 0.153 e. The van der Waals surface area contributed by atoms with Gasteiger partial charge in [-0.2, -0.15) is 10.4 Å². The molecule has 2 bridgehead atoms. The van der Waals surface area contributed by atoms with Crippen LogP contribution in [0, 0.1) is 18.3 Å². The van der Waals surface area contributed by atoms with E-state index >= 15 is 0 Å². The summed E-state index contributed by atoms with van der Waals surface area (Å²) in [4.78, 5) is 12.0. The molecule has 3 aromatic heterocycles. The van der Waals surface area contributed by atoms with Gasteiger partial charge in [0.15, 0.2) is 5.82 Å². The van der Waals surface area contributed by atoms with E-state index < -0.39 is 0 Å². The number of hydrogen-bond donors (Lipinski definition) is 4. The van der Waals surface area contributed by atoms with E-state index in [4.69, 9.17) is 10.2 Å². The molecule has 0 spiro atoms. The Morgan fingerprint density at radius 3 is 2.69 bits per heavy atom. The maximum absolute atomic E-state index is 9.54. The first kappa shape index (κ1) is 20.7. The molecule has 0 aliphatic carbocycles. The van der Waals surface area contributed by atoms with Crippen LogP contribution in [0.3, 0.4) is 0 Å². The molecule has 0 radical (unpaired) electrons. The first-order valence-electron chi connectivity index (χ1n) is 11.2. The van der Waals surface area contributed by atoms with Gasteiger partial charge in [0.1, 0.15) is 11.6 Å². The summed E-state index contributed by atoms with van der Waals surface area (Å²) in [5.41, 5.74) is 2.37. The van der Waals surface area contributed by atoms with Gasteiger partial charge < -0.3 is 15.7 Å². The molecule has 32 heavy (non-hydrogen) atoms. The maximum atomic E-state index is 9.54. The molecule has 9 heteroatoms. The van der Waals surface area contributed by atoms with Crippen LogP contribution in [0.15, 0.2) is 24.3 Å². The van der Waals surface area contributed by atoms with Gasteiger partial charge in [-0.15, -0.1) is 0 Å². The molecular weight excluding hydrogens is 404 g/mol. The van der Waals surface area contributed by atoms with E-state index in [2.05, 4.69) is 36.8 Å². The van der Waals surface area contributed by atoms with Crippen molar-refractivity contribution >= 4 is 28.4 Å². The Morgan fingerprint density at radius 2 is 2.00 bits per heavy atom. The monoisotopic (exact) mass is 432 g/mol. The Morgan fingerprint density at radius 1 is 1.19 bits per heavy atom. The zero-order valence-electron chi connectivity index (χ0n) is 18.2. The topological polar surface area (TPSA) is 126 Å². The molecule has 1 unspecified atom stereocenters. The van der Waals surface area contributed by atoms with Gasteiger partial charge >= 0.3 is 0 Å². The third-order valence-corrected chi connectivity index (χ3v) is 6.57. The van der Waals surface area contributed by atoms with Gasteiger partial charge in [-0.1, -0.05) is 0 Å². The molecule has 9 nitrogen and oxygen atoms in total. The minimum absolute atomic E-state index is 0.104. The number of nitrogens with zero attached hydrogens (tertiary/aromatic N) is 5. The van der Waals surface area contributed by atoms with E-state index in [0.717, 1.165) is 41.8 Å².